The molecule has 0 spiro atoms. The van der Waals surface area contributed by atoms with Gasteiger partial charge in [0.2, 0.25) is 15.9 Å². The number of aryl methyl sites for hydroxylation is 1. The molecule has 0 aliphatic carbocycles. The Balaban J connectivity index is 1.77. The van der Waals surface area contributed by atoms with Gasteiger partial charge in [0.25, 0.3) is 5.91 Å². The lowest BCUT2D eigenvalue weighted by Crippen LogP contribution is -2.37. The number of nitrogens with one attached hydrogen (secondary N) is 2. The summed E-state index contributed by atoms with van der Waals surface area (Å²) in [5, 5.41) is 5.61. The highest BCUT2D eigenvalue weighted by Crippen LogP contribution is 2.21. The third-order valence-corrected chi connectivity index (χ3v) is 6.21. The van der Waals surface area contributed by atoms with E-state index in [1.165, 1.54) is 0 Å². The van der Waals surface area contributed by atoms with Crippen LogP contribution in [-0.2, 0) is 14.8 Å². The summed E-state index contributed by atoms with van der Waals surface area (Å²) >= 11 is 0. The molecule has 7 nitrogen and oxygen atoms in total. The van der Waals surface area contributed by atoms with E-state index in [2.05, 4.69) is 10.6 Å². The van der Waals surface area contributed by atoms with Crippen molar-refractivity contribution in [3.05, 3.63) is 95.6 Å². The molecule has 0 aliphatic heterocycles. The summed E-state index contributed by atoms with van der Waals surface area (Å²) in [6.07, 6.45) is 1.05. The minimum atomic E-state index is -3.70. The maximum atomic E-state index is 12.9. The molecule has 0 bridgehead atoms. The van der Waals surface area contributed by atoms with E-state index >= 15 is 0 Å². The van der Waals surface area contributed by atoms with E-state index in [1.807, 2.05) is 50.2 Å². The van der Waals surface area contributed by atoms with Crippen molar-refractivity contribution in [3.63, 3.8) is 0 Å². The van der Waals surface area contributed by atoms with Crippen LogP contribution in [0.2, 0.25) is 0 Å². The van der Waals surface area contributed by atoms with Crippen molar-refractivity contribution in [1.82, 2.24) is 5.32 Å². The molecule has 0 saturated carbocycles. The van der Waals surface area contributed by atoms with Gasteiger partial charge in [0.05, 0.1) is 29.2 Å². The normalized spacial score (nSPS) is 12.0. The third kappa shape index (κ3) is 6.43. The molecule has 0 fully saturated rings. The van der Waals surface area contributed by atoms with E-state index in [0.717, 1.165) is 21.7 Å². The molecular weight excluding hydrogens is 438 g/mol. The van der Waals surface area contributed by atoms with Crippen molar-refractivity contribution in [2.24, 2.45) is 0 Å². The van der Waals surface area contributed by atoms with Gasteiger partial charge in [-0.15, -0.1) is 0 Å². The number of hydrogen-bond donors (Lipinski definition) is 2. The summed E-state index contributed by atoms with van der Waals surface area (Å²) in [5.74, 6) is -0.904. The largest absolute Gasteiger partial charge is 0.345 e. The number of para-hydroxylation sites is 1. The molecule has 2 N–H and O–H groups in total. The molecule has 0 unspecified atom stereocenters. The molecular formula is C25H27N3O4S. The molecule has 0 heterocycles. The van der Waals surface area contributed by atoms with Crippen molar-refractivity contribution in [2.45, 2.75) is 19.9 Å². The average molecular weight is 466 g/mol. The zero-order chi connectivity index (χ0) is 24.0. The summed E-state index contributed by atoms with van der Waals surface area (Å²) < 4.78 is 25.7. The van der Waals surface area contributed by atoms with Crippen LogP contribution in [0.15, 0.2) is 78.9 Å². The summed E-state index contributed by atoms with van der Waals surface area (Å²) in [7, 11) is -3.70. The van der Waals surface area contributed by atoms with Crippen LogP contribution >= 0.6 is 0 Å². The van der Waals surface area contributed by atoms with E-state index in [1.54, 1.807) is 42.5 Å². The molecule has 3 rings (SSSR count). The van der Waals surface area contributed by atoms with Gasteiger partial charge in [0.15, 0.2) is 0 Å². The van der Waals surface area contributed by atoms with Gasteiger partial charge in [-0.2, -0.15) is 0 Å². The van der Waals surface area contributed by atoms with Gasteiger partial charge < -0.3 is 10.6 Å². The predicted octanol–water partition coefficient (Wildman–Crippen LogP) is 3.89. The second-order valence-corrected chi connectivity index (χ2v) is 9.72. The predicted molar refractivity (Wildman–Crippen MR) is 131 cm³/mol. The van der Waals surface area contributed by atoms with Gasteiger partial charge in [-0.25, -0.2) is 8.42 Å². The molecule has 0 radical (unpaired) electrons. The summed E-state index contributed by atoms with van der Waals surface area (Å²) in [5.41, 5.74) is 2.81. The van der Waals surface area contributed by atoms with Gasteiger partial charge in [0, 0.05) is 0 Å². The monoisotopic (exact) mass is 465 g/mol. The zero-order valence-electron chi connectivity index (χ0n) is 18.8. The fraction of sp³-hybridized carbons (Fsp3) is 0.200. The molecule has 3 aromatic carbocycles. The number of sulfonamides is 1. The van der Waals surface area contributed by atoms with Crippen LogP contribution in [0.3, 0.4) is 0 Å². The van der Waals surface area contributed by atoms with Crippen molar-refractivity contribution < 1.29 is 18.0 Å². The van der Waals surface area contributed by atoms with Crippen LogP contribution in [0.1, 0.15) is 34.5 Å². The SMILES string of the molecule is Cc1cccc(N(CC(=O)Nc2ccccc2C(=O)N[C@H](C)c2ccccc2)S(C)(=O)=O)c1. The lowest BCUT2D eigenvalue weighted by molar-refractivity contribution is -0.114. The third-order valence-electron chi connectivity index (χ3n) is 5.07. The molecule has 172 valence electrons. The maximum Gasteiger partial charge on any atom is 0.253 e. The Morgan fingerprint density at radius 1 is 0.939 bits per heavy atom. The Labute approximate surface area is 194 Å². The van der Waals surface area contributed by atoms with Crippen molar-refractivity contribution >= 4 is 33.2 Å². The Morgan fingerprint density at radius 2 is 1.61 bits per heavy atom. The topological polar surface area (TPSA) is 95.6 Å². The highest BCUT2D eigenvalue weighted by molar-refractivity contribution is 7.92. The maximum absolute atomic E-state index is 12.9. The van der Waals surface area contributed by atoms with Crippen molar-refractivity contribution in [1.29, 1.82) is 0 Å². The number of nitrogens with zero attached hydrogens (tertiary/aromatic N) is 1. The Bertz CT molecular complexity index is 1240. The summed E-state index contributed by atoms with van der Waals surface area (Å²) in [6, 6.07) is 22.8. The molecule has 2 amide bonds. The summed E-state index contributed by atoms with van der Waals surface area (Å²) in [4.78, 5) is 25.7. The lowest BCUT2D eigenvalue weighted by atomic mass is 10.1. The van der Waals surface area contributed by atoms with Gasteiger partial charge in [-0.05, 0) is 49.2 Å². The number of rotatable bonds is 8. The first kappa shape index (κ1) is 24.0. The molecule has 3 aromatic rings. The average Bonchev–Trinajstić information content (AvgIpc) is 2.77. The van der Waals surface area contributed by atoms with Gasteiger partial charge in [-0.3, -0.25) is 13.9 Å². The minimum absolute atomic E-state index is 0.232. The van der Waals surface area contributed by atoms with Crippen LogP contribution in [-0.4, -0.2) is 33.0 Å². The Kier molecular flexibility index (Phi) is 7.50. The van der Waals surface area contributed by atoms with E-state index in [9.17, 15) is 18.0 Å². The highest BCUT2D eigenvalue weighted by atomic mass is 32.2. The van der Waals surface area contributed by atoms with E-state index in [-0.39, 0.29) is 17.5 Å². The van der Waals surface area contributed by atoms with Gasteiger partial charge >= 0.3 is 0 Å². The van der Waals surface area contributed by atoms with Crippen LogP contribution in [0.5, 0.6) is 0 Å². The Morgan fingerprint density at radius 3 is 2.27 bits per heavy atom. The zero-order valence-corrected chi connectivity index (χ0v) is 19.6. The van der Waals surface area contributed by atoms with Gasteiger partial charge in [-0.1, -0.05) is 54.6 Å². The number of carbonyl (C=O) groups excluding carboxylic acids is 2. The lowest BCUT2D eigenvalue weighted by Gasteiger charge is -2.22. The molecule has 0 aliphatic rings. The fourth-order valence-corrected chi connectivity index (χ4v) is 4.24. The number of hydrogen-bond acceptors (Lipinski definition) is 4. The number of carbonyl (C=O) groups is 2. The highest BCUT2D eigenvalue weighted by Gasteiger charge is 2.22. The van der Waals surface area contributed by atoms with Crippen LogP contribution < -0.4 is 14.9 Å². The van der Waals surface area contributed by atoms with Crippen LogP contribution in [0.4, 0.5) is 11.4 Å². The Hall–Kier alpha value is -3.65. The number of benzene rings is 3. The summed E-state index contributed by atoms with van der Waals surface area (Å²) in [6.45, 7) is 3.30. The fourth-order valence-electron chi connectivity index (χ4n) is 3.39. The minimum Gasteiger partial charge on any atom is -0.345 e. The smallest absolute Gasteiger partial charge is 0.253 e. The first-order valence-corrected chi connectivity index (χ1v) is 12.3. The molecule has 0 saturated heterocycles. The number of amides is 2. The quantitative estimate of drug-likeness (QED) is 0.528. The van der Waals surface area contributed by atoms with Gasteiger partial charge in [0.1, 0.15) is 6.54 Å². The first-order valence-electron chi connectivity index (χ1n) is 10.4. The van der Waals surface area contributed by atoms with Crippen LogP contribution in [0, 0.1) is 6.92 Å². The second kappa shape index (κ2) is 10.3. The van der Waals surface area contributed by atoms with Crippen molar-refractivity contribution in [3.8, 4) is 0 Å². The second-order valence-electron chi connectivity index (χ2n) is 7.81. The van der Waals surface area contributed by atoms with Crippen molar-refractivity contribution in [2.75, 3.05) is 22.4 Å². The van der Waals surface area contributed by atoms with Crippen LogP contribution in [0.25, 0.3) is 0 Å². The number of anilines is 2. The van der Waals surface area contributed by atoms with E-state index in [0.29, 0.717) is 11.4 Å². The first-order chi connectivity index (χ1) is 15.6. The molecule has 33 heavy (non-hydrogen) atoms. The van der Waals surface area contributed by atoms with E-state index < -0.39 is 22.5 Å². The molecule has 1 atom stereocenters. The molecule has 8 heteroatoms. The molecule has 0 aromatic heterocycles. The van der Waals surface area contributed by atoms with E-state index in [4.69, 9.17) is 0 Å². The standard InChI is InChI=1S/C25H27N3O4S/c1-18-10-9-13-21(16-18)28(33(3,31)32)17-24(29)27-23-15-8-7-14-22(23)25(30)26-19(2)20-11-5-4-6-12-20/h4-16,19H,17H2,1-3H3,(H,26,30)(H,27,29)/t19-/m1/s1.